The Labute approximate surface area is 119 Å². The van der Waals surface area contributed by atoms with Crippen LogP contribution in [-0.2, 0) is 9.59 Å². The molecule has 0 aromatic rings. The van der Waals surface area contributed by atoms with Gasteiger partial charge in [-0.05, 0) is 20.3 Å². The SMILES string of the molecule is CC=CC=CC(=O)N1CSCC1C(=O)NC(C)CC. The highest BCUT2D eigenvalue weighted by molar-refractivity contribution is 7.99. The van der Waals surface area contributed by atoms with Crippen molar-refractivity contribution in [3.63, 3.8) is 0 Å². The van der Waals surface area contributed by atoms with Crippen LogP contribution >= 0.6 is 11.8 Å². The van der Waals surface area contributed by atoms with Gasteiger partial charge in [0, 0.05) is 17.9 Å². The molecule has 1 fully saturated rings. The second-order valence-electron chi connectivity index (χ2n) is 4.53. The number of carbonyl (C=O) groups excluding carboxylic acids is 2. The van der Waals surface area contributed by atoms with E-state index in [0.29, 0.717) is 11.6 Å². The highest BCUT2D eigenvalue weighted by Crippen LogP contribution is 2.21. The number of hydrogen-bond donors (Lipinski definition) is 1. The van der Waals surface area contributed by atoms with E-state index in [0.717, 1.165) is 6.42 Å². The van der Waals surface area contributed by atoms with Crippen molar-refractivity contribution in [3.05, 3.63) is 24.3 Å². The first kappa shape index (κ1) is 15.8. The molecule has 1 aliphatic rings. The first-order valence-electron chi connectivity index (χ1n) is 6.58. The molecule has 1 saturated heterocycles. The summed E-state index contributed by atoms with van der Waals surface area (Å²) >= 11 is 1.61. The molecule has 0 aromatic heterocycles. The molecular formula is C14H22N2O2S. The van der Waals surface area contributed by atoms with Gasteiger partial charge in [0.2, 0.25) is 11.8 Å². The Kier molecular flexibility index (Phi) is 6.70. The third kappa shape index (κ3) is 4.74. The van der Waals surface area contributed by atoms with Crippen LogP contribution < -0.4 is 5.32 Å². The van der Waals surface area contributed by atoms with E-state index in [9.17, 15) is 9.59 Å². The smallest absolute Gasteiger partial charge is 0.247 e. The predicted octanol–water partition coefficient (Wildman–Crippen LogP) is 1.93. The normalized spacial score (nSPS) is 21.2. The lowest BCUT2D eigenvalue weighted by Crippen LogP contribution is -2.48. The second kappa shape index (κ2) is 8.04. The fourth-order valence-electron chi connectivity index (χ4n) is 1.66. The minimum Gasteiger partial charge on any atom is -0.352 e. The summed E-state index contributed by atoms with van der Waals surface area (Å²) in [6.07, 6.45) is 7.76. The maximum Gasteiger partial charge on any atom is 0.247 e. The molecule has 5 heteroatoms. The van der Waals surface area contributed by atoms with Gasteiger partial charge in [0.05, 0.1) is 5.88 Å². The maximum absolute atomic E-state index is 12.1. The van der Waals surface area contributed by atoms with Crippen LogP contribution in [0.15, 0.2) is 24.3 Å². The Morgan fingerprint density at radius 3 is 2.84 bits per heavy atom. The van der Waals surface area contributed by atoms with Gasteiger partial charge < -0.3 is 10.2 Å². The Balaban J connectivity index is 2.63. The predicted molar refractivity (Wildman–Crippen MR) is 79.8 cm³/mol. The van der Waals surface area contributed by atoms with Crippen molar-refractivity contribution in [3.8, 4) is 0 Å². The summed E-state index contributed by atoms with van der Waals surface area (Å²) in [5.41, 5.74) is 0. The van der Waals surface area contributed by atoms with Crippen LogP contribution in [0.25, 0.3) is 0 Å². The molecule has 1 rings (SSSR count). The van der Waals surface area contributed by atoms with Crippen molar-refractivity contribution >= 4 is 23.6 Å². The van der Waals surface area contributed by atoms with Crippen LogP contribution in [0.1, 0.15) is 27.2 Å². The third-order valence-electron chi connectivity index (χ3n) is 3.01. The summed E-state index contributed by atoms with van der Waals surface area (Å²) in [5, 5.41) is 2.94. The Morgan fingerprint density at radius 2 is 2.21 bits per heavy atom. The van der Waals surface area contributed by atoms with Gasteiger partial charge >= 0.3 is 0 Å². The molecule has 1 N–H and O–H groups in total. The van der Waals surface area contributed by atoms with Gasteiger partial charge in [-0.1, -0.05) is 25.2 Å². The van der Waals surface area contributed by atoms with E-state index < -0.39 is 0 Å². The third-order valence-corrected chi connectivity index (χ3v) is 4.02. The summed E-state index contributed by atoms with van der Waals surface area (Å²) < 4.78 is 0. The van der Waals surface area contributed by atoms with Gasteiger partial charge in [-0.2, -0.15) is 0 Å². The summed E-state index contributed by atoms with van der Waals surface area (Å²) in [4.78, 5) is 25.7. The van der Waals surface area contributed by atoms with Gasteiger partial charge in [0.15, 0.2) is 0 Å². The van der Waals surface area contributed by atoms with E-state index in [-0.39, 0.29) is 23.9 Å². The van der Waals surface area contributed by atoms with Gasteiger partial charge in [-0.15, -0.1) is 11.8 Å². The average molecular weight is 282 g/mol. The van der Waals surface area contributed by atoms with Crippen LogP contribution in [-0.4, -0.2) is 40.4 Å². The summed E-state index contributed by atoms with van der Waals surface area (Å²) in [6.45, 7) is 5.89. The van der Waals surface area contributed by atoms with Crippen LogP contribution in [0.4, 0.5) is 0 Å². The van der Waals surface area contributed by atoms with Crippen molar-refractivity contribution in [2.24, 2.45) is 0 Å². The monoisotopic (exact) mass is 282 g/mol. The van der Waals surface area contributed by atoms with Crippen molar-refractivity contribution in [1.29, 1.82) is 0 Å². The lowest BCUT2D eigenvalue weighted by atomic mass is 10.2. The largest absolute Gasteiger partial charge is 0.352 e. The zero-order valence-corrected chi connectivity index (χ0v) is 12.6. The Morgan fingerprint density at radius 1 is 1.47 bits per heavy atom. The summed E-state index contributed by atoms with van der Waals surface area (Å²) in [5.74, 6) is 1.10. The number of hydrogen-bond acceptors (Lipinski definition) is 3. The first-order valence-corrected chi connectivity index (χ1v) is 7.73. The molecule has 0 aromatic carbocycles. The van der Waals surface area contributed by atoms with E-state index in [4.69, 9.17) is 0 Å². The van der Waals surface area contributed by atoms with Crippen LogP contribution in [0.5, 0.6) is 0 Å². The fourth-order valence-corrected chi connectivity index (χ4v) is 2.83. The highest BCUT2D eigenvalue weighted by Gasteiger charge is 2.33. The van der Waals surface area contributed by atoms with Crippen molar-refractivity contribution in [2.75, 3.05) is 11.6 Å². The van der Waals surface area contributed by atoms with E-state index in [1.165, 1.54) is 6.08 Å². The quantitative estimate of drug-likeness (QED) is 0.619. The van der Waals surface area contributed by atoms with E-state index >= 15 is 0 Å². The van der Waals surface area contributed by atoms with Crippen LogP contribution in [0, 0.1) is 0 Å². The zero-order valence-electron chi connectivity index (χ0n) is 11.8. The van der Waals surface area contributed by atoms with Gasteiger partial charge in [0.1, 0.15) is 6.04 Å². The van der Waals surface area contributed by atoms with Crippen molar-refractivity contribution in [1.82, 2.24) is 10.2 Å². The summed E-state index contributed by atoms with van der Waals surface area (Å²) in [7, 11) is 0. The average Bonchev–Trinajstić information content (AvgIpc) is 2.88. The lowest BCUT2D eigenvalue weighted by Gasteiger charge is -2.23. The van der Waals surface area contributed by atoms with E-state index in [2.05, 4.69) is 5.32 Å². The zero-order chi connectivity index (χ0) is 14.3. The highest BCUT2D eigenvalue weighted by atomic mass is 32.2. The number of carbonyl (C=O) groups is 2. The Bertz CT molecular complexity index is 380. The molecule has 19 heavy (non-hydrogen) atoms. The van der Waals surface area contributed by atoms with Crippen LogP contribution in [0.3, 0.4) is 0 Å². The molecule has 2 atom stereocenters. The van der Waals surface area contributed by atoms with Gasteiger partial charge in [0.25, 0.3) is 0 Å². The standard InChI is InChI=1S/C14H22N2O2S/c1-4-6-7-8-13(17)16-10-19-9-12(16)14(18)15-11(3)5-2/h4,6-8,11-12H,5,9-10H2,1-3H3,(H,15,18). The number of rotatable bonds is 5. The van der Waals surface area contributed by atoms with E-state index in [1.54, 1.807) is 28.8 Å². The van der Waals surface area contributed by atoms with Crippen LogP contribution in [0.2, 0.25) is 0 Å². The lowest BCUT2D eigenvalue weighted by molar-refractivity contribution is -0.135. The van der Waals surface area contributed by atoms with Gasteiger partial charge in [-0.3, -0.25) is 9.59 Å². The molecule has 4 nitrogen and oxygen atoms in total. The topological polar surface area (TPSA) is 49.4 Å². The molecule has 2 amide bonds. The minimum atomic E-state index is -0.346. The molecule has 1 heterocycles. The van der Waals surface area contributed by atoms with E-state index in [1.807, 2.05) is 26.8 Å². The van der Waals surface area contributed by atoms with Gasteiger partial charge in [-0.25, -0.2) is 0 Å². The molecular weight excluding hydrogens is 260 g/mol. The van der Waals surface area contributed by atoms with Crippen molar-refractivity contribution < 1.29 is 9.59 Å². The molecule has 0 radical (unpaired) electrons. The number of allylic oxidation sites excluding steroid dienone is 3. The van der Waals surface area contributed by atoms with Crippen molar-refractivity contribution in [2.45, 2.75) is 39.3 Å². The molecule has 0 saturated carbocycles. The fraction of sp³-hybridized carbons (Fsp3) is 0.571. The number of amides is 2. The molecule has 0 bridgehead atoms. The molecule has 0 spiro atoms. The maximum atomic E-state index is 12.1. The first-order chi connectivity index (χ1) is 9.10. The minimum absolute atomic E-state index is 0.0490. The summed E-state index contributed by atoms with van der Waals surface area (Å²) in [6, 6.07) is -0.199. The molecule has 106 valence electrons. The number of nitrogens with one attached hydrogen (secondary N) is 1. The number of thioether (sulfide) groups is 1. The molecule has 2 unspecified atom stereocenters. The molecule has 1 aliphatic heterocycles. The second-order valence-corrected chi connectivity index (χ2v) is 5.53. The Hall–Kier alpha value is -1.23. The molecule has 0 aliphatic carbocycles. The number of nitrogens with zero attached hydrogens (tertiary/aromatic N) is 1.